The lowest BCUT2D eigenvalue weighted by Crippen LogP contribution is -2.43. The first-order valence-electron chi connectivity index (χ1n) is 8.00. The van der Waals surface area contributed by atoms with Gasteiger partial charge in [0.2, 0.25) is 0 Å². The number of fused-ring (bicyclic) bond motifs is 1. The Kier molecular flexibility index (Phi) is 4.44. The molecule has 3 rings (SSSR count). The smallest absolute Gasteiger partial charge is 0.251 e. The van der Waals surface area contributed by atoms with Gasteiger partial charge in [-0.3, -0.25) is 4.79 Å². The Balaban J connectivity index is 1.74. The Bertz CT molecular complexity index is 745. The van der Waals surface area contributed by atoms with E-state index in [1.807, 2.05) is 61.5 Å². The molecule has 5 heteroatoms. The lowest BCUT2D eigenvalue weighted by Gasteiger charge is -2.34. The van der Waals surface area contributed by atoms with Gasteiger partial charge >= 0.3 is 0 Å². The Morgan fingerprint density at radius 3 is 2.83 bits per heavy atom. The number of amides is 1. The van der Waals surface area contributed by atoms with Crippen molar-refractivity contribution < 1.29 is 14.6 Å². The monoisotopic (exact) mass is 326 g/mol. The number of hydrogen-bond acceptors (Lipinski definition) is 4. The third kappa shape index (κ3) is 3.21. The van der Waals surface area contributed by atoms with E-state index < -0.39 is 5.60 Å². The highest BCUT2D eigenvalue weighted by molar-refractivity contribution is 5.95. The maximum Gasteiger partial charge on any atom is 0.251 e. The lowest BCUT2D eigenvalue weighted by atomic mass is 9.88. The molecule has 126 valence electrons. The van der Waals surface area contributed by atoms with Crippen LogP contribution in [-0.2, 0) is 5.60 Å². The van der Waals surface area contributed by atoms with Gasteiger partial charge in [0.05, 0.1) is 13.2 Å². The Morgan fingerprint density at radius 2 is 2.04 bits per heavy atom. The molecule has 0 aromatic heterocycles. The summed E-state index contributed by atoms with van der Waals surface area (Å²) in [5, 5.41) is 13.8. The van der Waals surface area contributed by atoms with E-state index in [-0.39, 0.29) is 12.5 Å². The third-order valence-electron chi connectivity index (χ3n) is 4.33. The fourth-order valence-electron chi connectivity index (χ4n) is 2.88. The van der Waals surface area contributed by atoms with Crippen LogP contribution in [0.5, 0.6) is 5.75 Å². The average molecular weight is 326 g/mol. The standard InChI is InChI=1S/C19H22N2O3/c1-21(2)15-7-5-6-14(12-15)18(22)20-13-19(23)10-11-24-17-9-4-3-8-16(17)19/h3-9,12,23H,10-11,13H2,1-2H3,(H,20,22)/t19-/m1/s1. The van der Waals surface area contributed by atoms with Gasteiger partial charge in [0.25, 0.3) is 5.91 Å². The van der Waals surface area contributed by atoms with Crippen LogP contribution in [0.1, 0.15) is 22.3 Å². The summed E-state index contributed by atoms with van der Waals surface area (Å²) in [5.41, 5.74) is 1.14. The van der Waals surface area contributed by atoms with Gasteiger partial charge in [0, 0.05) is 37.3 Å². The number of benzene rings is 2. The molecule has 1 aliphatic heterocycles. The van der Waals surface area contributed by atoms with E-state index in [4.69, 9.17) is 4.74 Å². The van der Waals surface area contributed by atoms with Crippen molar-refractivity contribution in [2.45, 2.75) is 12.0 Å². The first kappa shape index (κ1) is 16.3. The molecule has 1 aliphatic rings. The second-order valence-corrected chi connectivity index (χ2v) is 6.25. The van der Waals surface area contributed by atoms with Crippen LogP contribution >= 0.6 is 0 Å². The molecule has 2 N–H and O–H groups in total. The van der Waals surface area contributed by atoms with Crippen molar-refractivity contribution >= 4 is 11.6 Å². The molecule has 0 bridgehead atoms. The molecule has 0 saturated heterocycles. The van der Waals surface area contributed by atoms with Crippen molar-refractivity contribution in [2.75, 3.05) is 32.1 Å². The quantitative estimate of drug-likeness (QED) is 0.904. The minimum Gasteiger partial charge on any atom is -0.493 e. The summed E-state index contributed by atoms with van der Waals surface area (Å²) in [6.45, 7) is 0.581. The molecule has 1 amide bonds. The van der Waals surface area contributed by atoms with Crippen molar-refractivity contribution in [3.8, 4) is 5.75 Å². The molecule has 0 spiro atoms. The van der Waals surface area contributed by atoms with Crippen molar-refractivity contribution in [1.29, 1.82) is 0 Å². The van der Waals surface area contributed by atoms with Gasteiger partial charge in [-0.2, -0.15) is 0 Å². The number of ether oxygens (including phenoxy) is 1. The van der Waals surface area contributed by atoms with Crippen molar-refractivity contribution in [3.63, 3.8) is 0 Å². The second-order valence-electron chi connectivity index (χ2n) is 6.25. The van der Waals surface area contributed by atoms with Gasteiger partial charge < -0.3 is 20.1 Å². The number of nitrogens with one attached hydrogen (secondary N) is 1. The molecule has 2 aromatic rings. The largest absolute Gasteiger partial charge is 0.493 e. The number of carbonyl (C=O) groups excluding carboxylic acids is 1. The SMILES string of the molecule is CN(C)c1cccc(C(=O)NC[C@]2(O)CCOc3ccccc32)c1. The summed E-state index contributed by atoms with van der Waals surface area (Å²) < 4.78 is 5.57. The van der Waals surface area contributed by atoms with E-state index in [1.165, 1.54) is 0 Å². The minimum atomic E-state index is -1.11. The van der Waals surface area contributed by atoms with Crippen LogP contribution in [-0.4, -0.2) is 38.3 Å². The summed E-state index contributed by atoms with van der Waals surface area (Å²) in [5.74, 6) is 0.478. The molecule has 24 heavy (non-hydrogen) atoms. The van der Waals surface area contributed by atoms with Gasteiger partial charge in [-0.05, 0) is 24.3 Å². The number of carbonyl (C=O) groups is 1. The van der Waals surface area contributed by atoms with Crippen molar-refractivity contribution in [2.24, 2.45) is 0 Å². The van der Waals surface area contributed by atoms with Crippen LogP contribution in [0.4, 0.5) is 5.69 Å². The van der Waals surface area contributed by atoms with E-state index in [0.29, 0.717) is 24.3 Å². The molecule has 0 saturated carbocycles. The maximum absolute atomic E-state index is 12.4. The number of rotatable bonds is 4. The second kappa shape index (κ2) is 6.53. The molecular weight excluding hydrogens is 304 g/mol. The zero-order valence-electron chi connectivity index (χ0n) is 14.0. The molecule has 0 unspecified atom stereocenters. The molecule has 2 aromatic carbocycles. The molecule has 1 heterocycles. The van der Waals surface area contributed by atoms with Crippen molar-refractivity contribution in [1.82, 2.24) is 5.32 Å². The highest BCUT2D eigenvalue weighted by Gasteiger charge is 2.35. The van der Waals surface area contributed by atoms with Gasteiger partial charge in [-0.1, -0.05) is 24.3 Å². The molecule has 0 fully saturated rings. The fraction of sp³-hybridized carbons (Fsp3) is 0.316. The summed E-state index contributed by atoms with van der Waals surface area (Å²) in [6, 6.07) is 14.8. The topological polar surface area (TPSA) is 61.8 Å². The average Bonchev–Trinajstić information content (AvgIpc) is 2.60. The lowest BCUT2D eigenvalue weighted by molar-refractivity contribution is -0.00160. The molecule has 0 aliphatic carbocycles. The Hall–Kier alpha value is -2.53. The predicted molar refractivity (Wildman–Crippen MR) is 93.6 cm³/mol. The van der Waals surface area contributed by atoms with Gasteiger partial charge in [0.1, 0.15) is 11.4 Å². The normalized spacial score (nSPS) is 19.1. The summed E-state index contributed by atoms with van der Waals surface area (Å²) in [6.07, 6.45) is 0.446. The van der Waals surface area contributed by atoms with Crippen LogP contribution < -0.4 is 15.0 Å². The Morgan fingerprint density at radius 1 is 1.25 bits per heavy atom. The van der Waals surface area contributed by atoms with E-state index in [2.05, 4.69) is 5.32 Å². The summed E-state index contributed by atoms with van der Waals surface area (Å²) in [7, 11) is 3.86. The zero-order valence-corrected chi connectivity index (χ0v) is 14.0. The van der Waals surface area contributed by atoms with Crippen LogP contribution in [0.15, 0.2) is 48.5 Å². The van der Waals surface area contributed by atoms with Crippen LogP contribution in [0.2, 0.25) is 0 Å². The highest BCUT2D eigenvalue weighted by atomic mass is 16.5. The van der Waals surface area contributed by atoms with Gasteiger partial charge in [-0.15, -0.1) is 0 Å². The van der Waals surface area contributed by atoms with E-state index >= 15 is 0 Å². The number of anilines is 1. The Labute approximate surface area is 141 Å². The number of para-hydroxylation sites is 1. The maximum atomic E-state index is 12.4. The first-order chi connectivity index (χ1) is 11.5. The van der Waals surface area contributed by atoms with Crippen LogP contribution in [0.25, 0.3) is 0 Å². The zero-order chi connectivity index (χ0) is 17.2. The van der Waals surface area contributed by atoms with E-state index in [1.54, 1.807) is 6.07 Å². The molecule has 1 atom stereocenters. The van der Waals surface area contributed by atoms with Crippen molar-refractivity contribution in [3.05, 3.63) is 59.7 Å². The van der Waals surface area contributed by atoms with Crippen LogP contribution in [0.3, 0.4) is 0 Å². The molecule has 0 radical (unpaired) electrons. The third-order valence-corrected chi connectivity index (χ3v) is 4.33. The summed E-state index contributed by atoms with van der Waals surface area (Å²) >= 11 is 0. The van der Waals surface area contributed by atoms with Gasteiger partial charge in [0.15, 0.2) is 0 Å². The van der Waals surface area contributed by atoms with Gasteiger partial charge in [-0.25, -0.2) is 0 Å². The predicted octanol–water partition coefficient (Wildman–Crippen LogP) is 2.15. The van der Waals surface area contributed by atoms with E-state index in [0.717, 1.165) is 11.3 Å². The molecular formula is C19H22N2O3. The minimum absolute atomic E-state index is 0.151. The molecule has 5 nitrogen and oxygen atoms in total. The number of nitrogens with zero attached hydrogens (tertiary/aromatic N) is 1. The number of aliphatic hydroxyl groups is 1. The van der Waals surface area contributed by atoms with Crippen LogP contribution in [0, 0.1) is 0 Å². The van der Waals surface area contributed by atoms with E-state index in [9.17, 15) is 9.90 Å². The first-order valence-corrected chi connectivity index (χ1v) is 8.00. The highest BCUT2D eigenvalue weighted by Crippen LogP contribution is 2.36. The fourth-order valence-corrected chi connectivity index (χ4v) is 2.88. The number of hydrogen-bond donors (Lipinski definition) is 2. The summed E-state index contributed by atoms with van der Waals surface area (Å²) in [4.78, 5) is 14.4.